The molecule has 0 spiro atoms. The zero-order valence-electron chi connectivity index (χ0n) is 12.6. The van der Waals surface area contributed by atoms with Crippen LogP contribution in [0.2, 0.25) is 0 Å². The van der Waals surface area contributed by atoms with Gasteiger partial charge in [-0.1, -0.05) is 13.3 Å². The number of carbonyl (C=O) groups excluding carboxylic acids is 1. The predicted octanol–water partition coefficient (Wildman–Crippen LogP) is 1.45. The average molecular weight is 319 g/mol. The summed E-state index contributed by atoms with van der Waals surface area (Å²) in [4.78, 5) is 24.4. The molecule has 122 valence electrons. The number of hydrogen-bond donors (Lipinski definition) is 1. The van der Waals surface area contributed by atoms with Gasteiger partial charge in [-0.05, 0) is 25.7 Å². The molecule has 1 aliphatic rings. The van der Waals surface area contributed by atoms with Crippen LogP contribution in [0, 0.1) is 0 Å². The quantitative estimate of drug-likeness (QED) is 0.649. The number of sulfone groups is 1. The summed E-state index contributed by atoms with van der Waals surface area (Å²) in [5, 5.41) is 8.57. The van der Waals surface area contributed by atoms with Crippen LogP contribution in [0.4, 0.5) is 0 Å². The van der Waals surface area contributed by atoms with Gasteiger partial charge in [-0.15, -0.1) is 0 Å². The van der Waals surface area contributed by atoms with Gasteiger partial charge in [0.15, 0.2) is 9.84 Å². The number of carboxylic acid groups (broad SMARTS) is 1. The highest BCUT2D eigenvalue weighted by Crippen LogP contribution is 2.20. The van der Waals surface area contributed by atoms with E-state index < -0.39 is 15.8 Å². The Balaban J connectivity index is 2.52. The molecule has 1 unspecified atom stereocenters. The number of nitrogens with zero attached hydrogens (tertiary/aromatic N) is 1. The Morgan fingerprint density at radius 1 is 1.19 bits per heavy atom. The van der Waals surface area contributed by atoms with Gasteiger partial charge in [0.2, 0.25) is 5.91 Å². The largest absolute Gasteiger partial charge is 0.481 e. The first kappa shape index (κ1) is 17.9. The van der Waals surface area contributed by atoms with Crippen molar-refractivity contribution in [3.05, 3.63) is 0 Å². The number of carbonyl (C=O) groups is 2. The maximum absolute atomic E-state index is 12.3. The highest BCUT2D eigenvalue weighted by Gasteiger charge is 2.33. The van der Waals surface area contributed by atoms with Crippen molar-refractivity contribution >= 4 is 21.7 Å². The lowest BCUT2D eigenvalue weighted by Gasteiger charge is -2.28. The second kappa shape index (κ2) is 8.36. The van der Waals surface area contributed by atoms with E-state index in [0.29, 0.717) is 32.2 Å². The van der Waals surface area contributed by atoms with E-state index in [1.165, 1.54) is 0 Å². The van der Waals surface area contributed by atoms with Crippen molar-refractivity contribution < 1.29 is 23.1 Å². The second-order valence-corrected chi connectivity index (χ2v) is 7.83. The van der Waals surface area contributed by atoms with Gasteiger partial charge in [0, 0.05) is 25.4 Å². The maximum Gasteiger partial charge on any atom is 0.303 e. The van der Waals surface area contributed by atoms with Gasteiger partial charge >= 0.3 is 5.97 Å². The number of hydrogen-bond acceptors (Lipinski definition) is 4. The van der Waals surface area contributed by atoms with Crippen LogP contribution in [0.25, 0.3) is 0 Å². The van der Waals surface area contributed by atoms with Crippen LogP contribution in [-0.2, 0) is 19.4 Å². The lowest BCUT2D eigenvalue weighted by Crippen LogP contribution is -2.41. The zero-order chi connectivity index (χ0) is 15.9. The van der Waals surface area contributed by atoms with Crippen molar-refractivity contribution in [3.63, 3.8) is 0 Å². The van der Waals surface area contributed by atoms with Gasteiger partial charge in [-0.25, -0.2) is 8.42 Å². The molecule has 0 bridgehead atoms. The van der Waals surface area contributed by atoms with Crippen molar-refractivity contribution in [3.8, 4) is 0 Å². The minimum absolute atomic E-state index is 0.0454. The Morgan fingerprint density at radius 3 is 2.38 bits per heavy atom. The molecule has 1 N–H and O–H groups in total. The van der Waals surface area contributed by atoms with Gasteiger partial charge in [0.25, 0.3) is 0 Å². The molecule has 1 aliphatic heterocycles. The third-order valence-corrected chi connectivity index (χ3v) is 5.50. The molecule has 1 atom stereocenters. The molecule has 0 aromatic heterocycles. The average Bonchev–Trinajstić information content (AvgIpc) is 2.75. The Labute approximate surface area is 126 Å². The first-order chi connectivity index (χ1) is 9.85. The van der Waals surface area contributed by atoms with Gasteiger partial charge < -0.3 is 10.0 Å². The topological polar surface area (TPSA) is 91.8 Å². The zero-order valence-corrected chi connectivity index (χ0v) is 13.4. The summed E-state index contributed by atoms with van der Waals surface area (Å²) in [5.74, 6) is -0.674. The number of amides is 1. The molecule has 7 heteroatoms. The first-order valence-corrected chi connectivity index (χ1v) is 9.39. The summed E-state index contributed by atoms with van der Waals surface area (Å²) in [6.45, 7) is 2.62. The lowest BCUT2D eigenvalue weighted by molar-refractivity contribution is -0.138. The number of carboxylic acids is 1. The van der Waals surface area contributed by atoms with Crippen molar-refractivity contribution in [2.45, 2.75) is 57.9 Å². The summed E-state index contributed by atoms with van der Waals surface area (Å²) in [6, 6.07) is -0.200. The molecule has 1 amide bonds. The number of unbranched alkanes of at least 4 members (excludes halogenated alkanes) is 2. The monoisotopic (exact) mass is 319 g/mol. The van der Waals surface area contributed by atoms with E-state index in [2.05, 4.69) is 0 Å². The summed E-state index contributed by atoms with van der Waals surface area (Å²) in [6.07, 6.45) is 3.71. The van der Waals surface area contributed by atoms with Crippen molar-refractivity contribution in [1.29, 1.82) is 0 Å². The van der Waals surface area contributed by atoms with E-state index in [-0.39, 0.29) is 29.9 Å². The molecule has 0 saturated carbocycles. The fourth-order valence-corrected chi connectivity index (χ4v) is 4.29. The molecule has 6 nitrogen and oxygen atoms in total. The van der Waals surface area contributed by atoms with Crippen LogP contribution in [0.3, 0.4) is 0 Å². The molecular formula is C14H25NO5S. The normalized spacial score (nSPS) is 20.3. The predicted molar refractivity (Wildman–Crippen MR) is 79.8 cm³/mol. The van der Waals surface area contributed by atoms with E-state index >= 15 is 0 Å². The molecule has 1 saturated heterocycles. The minimum atomic E-state index is -3.01. The molecule has 0 radical (unpaired) electrons. The summed E-state index contributed by atoms with van der Waals surface area (Å²) < 4.78 is 23.1. The van der Waals surface area contributed by atoms with E-state index in [1.54, 1.807) is 4.90 Å². The smallest absolute Gasteiger partial charge is 0.303 e. The van der Waals surface area contributed by atoms with Gasteiger partial charge in [0.1, 0.15) is 0 Å². The Hall–Kier alpha value is -1.11. The Morgan fingerprint density at radius 2 is 1.86 bits per heavy atom. The molecule has 0 aromatic carbocycles. The Bertz CT molecular complexity index is 460. The van der Waals surface area contributed by atoms with E-state index in [0.717, 1.165) is 12.8 Å². The highest BCUT2D eigenvalue weighted by molar-refractivity contribution is 7.91. The molecule has 21 heavy (non-hydrogen) atoms. The summed E-state index contributed by atoms with van der Waals surface area (Å²) in [5.41, 5.74) is 0. The highest BCUT2D eigenvalue weighted by atomic mass is 32.2. The first-order valence-electron chi connectivity index (χ1n) is 7.57. The van der Waals surface area contributed by atoms with Gasteiger partial charge in [-0.3, -0.25) is 9.59 Å². The molecular weight excluding hydrogens is 294 g/mol. The van der Waals surface area contributed by atoms with Crippen molar-refractivity contribution in [2.24, 2.45) is 0 Å². The Kier molecular flexibility index (Phi) is 7.14. The van der Waals surface area contributed by atoms with Crippen molar-refractivity contribution in [2.75, 3.05) is 18.1 Å². The van der Waals surface area contributed by atoms with E-state index in [1.807, 2.05) is 6.92 Å². The summed E-state index contributed by atoms with van der Waals surface area (Å²) >= 11 is 0. The van der Waals surface area contributed by atoms with Crippen molar-refractivity contribution in [1.82, 2.24) is 4.90 Å². The maximum atomic E-state index is 12.3. The second-order valence-electron chi connectivity index (χ2n) is 5.60. The molecule has 1 heterocycles. The third-order valence-electron chi connectivity index (χ3n) is 3.75. The molecule has 0 aromatic rings. The molecule has 1 fully saturated rings. The fourth-order valence-electron chi connectivity index (χ4n) is 2.56. The van der Waals surface area contributed by atoms with Crippen LogP contribution in [0.1, 0.15) is 51.9 Å². The SMILES string of the molecule is CCCCN(C(=O)CCCCC(=O)O)C1CCS(=O)(=O)C1. The third kappa shape index (κ3) is 6.46. The van der Waals surface area contributed by atoms with E-state index in [4.69, 9.17) is 5.11 Å². The summed E-state index contributed by atoms with van der Waals surface area (Å²) in [7, 11) is -3.01. The molecule has 0 aliphatic carbocycles. The fraction of sp³-hybridized carbons (Fsp3) is 0.857. The standard InChI is InChI=1S/C14H25NO5S/c1-2-3-9-15(12-8-10-21(19,20)11-12)13(16)6-4-5-7-14(17)18/h12H,2-11H2,1H3,(H,17,18). The minimum Gasteiger partial charge on any atom is -0.481 e. The van der Waals surface area contributed by atoms with Crippen LogP contribution in [0.5, 0.6) is 0 Å². The van der Waals surface area contributed by atoms with Gasteiger partial charge in [0.05, 0.1) is 11.5 Å². The molecule has 1 rings (SSSR count). The van der Waals surface area contributed by atoms with Gasteiger partial charge in [-0.2, -0.15) is 0 Å². The number of rotatable bonds is 9. The van der Waals surface area contributed by atoms with Crippen LogP contribution >= 0.6 is 0 Å². The number of aliphatic carboxylic acids is 1. The van der Waals surface area contributed by atoms with Crippen LogP contribution in [-0.4, -0.2) is 54.4 Å². The van der Waals surface area contributed by atoms with Crippen LogP contribution in [0.15, 0.2) is 0 Å². The van der Waals surface area contributed by atoms with Crippen LogP contribution < -0.4 is 0 Å². The van der Waals surface area contributed by atoms with E-state index in [9.17, 15) is 18.0 Å². The lowest BCUT2D eigenvalue weighted by atomic mass is 10.1.